The zero-order valence-corrected chi connectivity index (χ0v) is 17.5. The van der Waals surface area contributed by atoms with Crippen LogP contribution < -0.4 is 4.74 Å². The molecule has 1 aliphatic heterocycles. The molecule has 2 rings (SSSR count). The molecular weight excluding hydrogens is 368 g/mol. The fraction of sp³-hybridized carbons (Fsp3) is 0.684. The lowest BCUT2D eigenvalue weighted by atomic mass is 9.85. The third-order valence-electron chi connectivity index (χ3n) is 4.81. The molecule has 0 amide bonds. The van der Waals surface area contributed by atoms with Crippen molar-refractivity contribution < 1.29 is 22.8 Å². The summed E-state index contributed by atoms with van der Waals surface area (Å²) in [6.45, 7) is 10.8. The SMILES string of the molecule is COc1ccc(CN2CCN(CC(O)CS(=O)(=O)O)CC2)cc1C(C)(C)C. The van der Waals surface area contributed by atoms with E-state index in [1.807, 2.05) is 11.0 Å². The summed E-state index contributed by atoms with van der Waals surface area (Å²) in [5.41, 5.74) is 2.43. The van der Waals surface area contributed by atoms with Gasteiger partial charge < -0.3 is 9.84 Å². The van der Waals surface area contributed by atoms with Crippen molar-refractivity contribution in [3.63, 3.8) is 0 Å². The lowest BCUT2D eigenvalue weighted by Crippen LogP contribution is -2.48. The Morgan fingerprint density at radius 3 is 2.26 bits per heavy atom. The molecule has 1 heterocycles. The van der Waals surface area contributed by atoms with Crippen LogP contribution in [0.25, 0.3) is 0 Å². The highest BCUT2D eigenvalue weighted by Crippen LogP contribution is 2.32. The Balaban J connectivity index is 1.90. The van der Waals surface area contributed by atoms with E-state index >= 15 is 0 Å². The van der Waals surface area contributed by atoms with Gasteiger partial charge in [-0.2, -0.15) is 8.42 Å². The van der Waals surface area contributed by atoms with Gasteiger partial charge in [-0.05, 0) is 22.6 Å². The number of β-amino-alcohol motifs (C(OH)–C–C–N with tert-alkyl or cyclic N) is 1. The van der Waals surface area contributed by atoms with E-state index in [0.29, 0.717) is 0 Å². The van der Waals surface area contributed by atoms with E-state index in [-0.39, 0.29) is 12.0 Å². The standard InChI is InChI=1S/C19H32N2O5S/c1-19(2,3)17-11-15(5-6-18(17)26-4)12-20-7-9-21(10-8-20)13-16(22)14-27(23,24)25/h5-6,11,16,22H,7-10,12-14H2,1-4H3,(H,23,24,25). The zero-order valence-electron chi connectivity index (χ0n) is 16.7. The maximum atomic E-state index is 10.8. The molecule has 1 atom stereocenters. The van der Waals surface area contributed by atoms with E-state index in [9.17, 15) is 13.5 Å². The average molecular weight is 401 g/mol. The molecule has 1 aromatic rings. The number of nitrogens with zero attached hydrogens (tertiary/aromatic N) is 2. The average Bonchev–Trinajstić information content (AvgIpc) is 2.54. The number of methoxy groups -OCH3 is 1. The summed E-state index contributed by atoms with van der Waals surface area (Å²) in [5, 5.41) is 9.79. The molecule has 154 valence electrons. The van der Waals surface area contributed by atoms with E-state index < -0.39 is 22.0 Å². The normalized spacial score (nSPS) is 18.4. The second-order valence-corrected chi connectivity index (χ2v) is 9.76. The lowest BCUT2D eigenvalue weighted by Gasteiger charge is -2.35. The van der Waals surface area contributed by atoms with E-state index in [1.165, 1.54) is 11.1 Å². The van der Waals surface area contributed by atoms with Crippen molar-refractivity contribution in [2.75, 3.05) is 45.6 Å². The highest BCUT2D eigenvalue weighted by molar-refractivity contribution is 7.85. The molecular formula is C19H32N2O5S. The smallest absolute Gasteiger partial charge is 0.267 e. The molecule has 1 aromatic carbocycles. The van der Waals surface area contributed by atoms with Gasteiger partial charge >= 0.3 is 0 Å². The first kappa shape index (κ1) is 22.1. The Kier molecular flexibility index (Phi) is 7.27. The fourth-order valence-corrected chi connectivity index (χ4v) is 4.01. The van der Waals surface area contributed by atoms with Gasteiger partial charge in [-0.15, -0.1) is 0 Å². The Hall–Kier alpha value is -1.19. The number of aliphatic hydroxyl groups excluding tert-OH is 1. The van der Waals surface area contributed by atoms with Gasteiger partial charge in [0, 0.05) is 39.3 Å². The number of hydrogen-bond acceptors (Lipinski definition) is 6. The van der Waals surface area contributed by atoms with E-state index in [0.717, 1.165) is 38.5 Å². The Morgan fingerprint density at radius 1 is 1.15 bits per heavy atom. The quantitative estimate of drug-likeness (QED) is 0.668. The molecule has 7 nitrogen and oxygen atoms in total. The maximum Gasteiger partial charge on any atom is 0.267 e. The van der Waals surface area contributed by atoms with Crippen LogP contribution >= 0.6 is 0 Å². The number of benzene rings is 1. The minimum absolute atomic E-state index is 0.00321. The van der Waals surface area contributed by atoms with Crippen LogP contribution in [0.1, 0.15) is 31.9 Å². The molecule has 0 bridgehead atoms. The largest absolute Gasteiger partial charge is 0.496 e. The van der Waals surface area contributed by atoms with Gasteiger partial charge in [0.15, 0.2) is 0 Å². The van der Waals surface area contributed by atoms with Gasteiger partial charge in [0.2, 0.25) is 0 Å². The molecule has 8 heteroatoms. The van der Waals surface area contributed by atoms with Crippen LogP contribution in [-0.2, 0) is 22.1 Å². The predicted molar refractivity (Wildman–Crippen MR) is 106 cm³/mol. The molecule has 0 saturated carbocycles. The number of hydrogen-bond donors (Lipinski definition) is 2. The second-order valence-electron chi connectivity index (χ2n) is 8.26. The summed E-state index contributed by atoms with van der Waals surface area (Å²) >= 11 is 0. The maximum absolute atomic E-state index is 10.8. The van der Waals surface area contributed by atoms with Crippen molar-refractivity contribution in [3.05, 3.63) is 29.3 Å². The third-order valence-corrected chi connectivity index (χ3v) is 5.62. The van der Waals surface area contributed by atoms with Gasteiger partial charge in [-0.3, -0.25) is 14.4 Å². The molecule has 0 spiro atoms. The highest BCUT2D eigenvalue weighted by Gasteiger charge is 2.23. The minimum atomic E-state index is -4.14. The van der Waals surface area contributed by atoms with Crippen molar-refractivity contribution in [1.82, 2.24) is 9.80 Å². The van der Waals surface area contributed by atoms with Crippen LogP contribution in [0.4, 0.5) is 0 Å². The molecule has 0 aromatic heterocycles. The molecule has 27 heavy (non-hydrogen) atoms. The van der Waals surface area contributed by atoms with E-state index in [1.54, 1.807) is 7.11 Å². The molecule has 2 N–H and O–H groups in total. The summed E-state index contributed by atoms with van der Waals surface area (Å²) in [6, 6.07) is 6.33. The summed E-state index contributed by atoms with van der Waals surface area (Å²) in [6.07, 6.45) is -1.07. The summed E-state index contributed by atoms with van der Waals surface area (Å²) in [4.78, 5) is 4.38. The molecule has 1 saturated heterocycles. The summed E-state index contributed by atoms with van der Waals surface area (Å²) < 4.78 is 36.0. The summed E-state index contributed by atoms with van der Waals surface area (Å²) in [7, 11) is -2.45. The Bertz CT molecular complexity index is 722. The first-order valence-corrected chi connectivity index (χ1v) is 10.8. The van der Waals surface area contributed by atoms with E-state index in [2.05, 4.69) is 37.8 Å². The first-order valence-electron chi connectivity index (χ1n) is 9.23. The lowest BCUT2D eigenvalue weighted by molar-refractivity contribution is 0.0786. The Morgan fingerprint density at radius 2 is 1.74 bits per heavy atom. The van der Waals surface area contributed by atoms with Gasteiger partial charge in [0.05, 0.1) is 13.2 Å². The van der Waals surface area contributed by atoms with Crippen molar-refractivity contribution >= 4 is 10.1 Å². The topological polar surface area (TPSA) is 90.3 Å². The third kappa shape index (κ3) is 7.04. The molecule has 1 unspecified atom stereocenters. The molecule has 0 radical (unpaired) electrons. The van der Waals surface area contributed by atoms with Crippen molar-refractivity contribution in [2.45, 2.75) is 38.8 Å². The van der Waals surface area contributed by atoms with Crippen LogP contribution in [0.3, 0.4) is 0 Å². The van der Waals surface area contributed by atoms with Crippen molar-refractivity contribution in [2.24, 2.45) is 0 Å². The summed E-state index contributed by atoms with van der Waals surface area (Å²) in [5.74, 6) is 0.290. The van der Waals surface area contributed by atoms with E-state index in [4.69, 9.17) is 9.29 Å². The molecule has 1 fully saturated rings. The number of aliphatic hydroxyl groups is 1. The molecule has 1 aliphatic rings. The van der Waals surface area contributed by atoms with Gasteiger partial charge in [0.1, 0.15) is 11.5 Å². The van der Waals surface area contributed by atoms with Crippen LogP contribution in [0.2, 0.25) is 0 Å². The minimum Gasteiger partial charge on any atom is -0.496 e. The van der Waals surface area contributed by atoms with Gasteiger partial charge in [-0.25, -0.2) is 0 Å². The van der Waals surface area contributed by atoms with Gasteiger partial charge in [0.25, 0.3) is 10.1 Å². The fourth-order valence-electron chi connectivity index (χ4n) is 3.42. The van der Waals surface area contributed by atoms with Crippen molar-refractivity contribution in [3.8, 4) is 5.75 Å². The van der Waals surface area contributed by atoms with Crippen LogP contribution in [0, 0.1) is 0 Å². The monoisotopic (exact) mass is 400 g/mol. The van der Waals surface area contributed by atoms with Crippen molar-refractivity contribution in [1.29, 1.82) is 0 Å². The number of rotatable bonds is 7. The van der Waals surface area contributed by atoms with Crippen LogP contribution in [-0.4, -0.2) is 79.6 Å². The zero-order chi connectivity index (χ0) is 20.2. The first-order chi connectivity index (χ1) is 12.5. The van der Waals surface area contributed by atoms with Crippen LogP contribution in [0.15, 0.2) is 18.2 Å². The van der Waals surface area contributed by atoms with Crippen LogP contribution in [0.5, 0.6) is 5.75 Å². The van der Waals surface area contributed by atoms with Gasteiger partial charge in [-0.1, -0.05) is 32.9 Å². The number of ether oxygens (including phenoxy) is 1. The second kappa shape index (κ2) is 8.87. The predicted octanol–water partition coefficient (Wildman–Crippen LogP) is 1.36. The number of piperazine rings is 1. The Labute approximate surface area is 162 Å². The highest BCUT2D eigenvalue weighted by atomic mass is 32.2. The molecule has 0 aliphatic carbocycles.